The highest BCUT2D eigenvalue weighted by Crippen LogP contribution is 2.30. The van der Waals surface area contributed by atoms with Crippen LogP contribution < -0.4 is 5.32 Å². The highest BCUT2D eigenvalue weighted by molar-refractivity contribution is 14.1. The number of aromatic nitrogens is 1. The number of hydrogen-bond donors (Lipinski definition) is 1. The maximum absolute atomic E-state index is 4.82. The third kappa shape index (κ3) is 3.94. The molecular weight excluding hydrogens is 443 g/mol. The van der Waals surface area contributed by atoms with E-state index in [1.807, 2.05) is 30.3 Å². The third-order valence-corrected chi connectivity index (χ3v) is 4.56. The SMILES string of the molecule is Cl.Ic1cccc(Nc2cc(-c3ccccc3)nc3ccccc23)c1. The van der Waals surface area contributed by atoms with E-state index in [9.17, 15) is 0 Å². The maximum atomic E-state index is 4.82. The number of hydrogen-bond acceptors (Lipinski definition) is 2. The lowest BCUT2D eigenvalue weighted by atomic mass is 10.1. The zero-order valence-corrected chi connectivity index (χ0v) is 16.3. The summed E-state index contributed by atoms with van der Waals surface area (Å²) in [4.78, 5) is 4.82. The molecule has 0 amide bonds. The van der Waals surface area contributed by atoms with E-state index in [-0.39, 0.29) is 12.4 Å². The van der Waals surface area contributed by atoms with E-state index in [0.717, 1.165) is 33.5 Å². The van der Waals surface area contributed by atoms with E-state index < -0.39 is 0 Å². The minimum absolute atomic E-state index is 0. The first-order valence-electron chi connectivity index (χ1n) is 7.77. The second-order valence-corrected chi connectivity index (χ2v) is 6.82. The van der Waals surface area contributed by atoms with Crippen molar-refractivity contribution in [3.63, 3.8) is 0 Å². The first-order valence-corrected chi connectivity index (χ1v) is 8.85. The number of benzene rings is 3. The number of halogens is 2. The lowest BCUT2D eigenvalue weighted by Crippen LogP contribution is -1.95. The van der Waals surface area contributed by atoms with Gasteiger partial charge < -0.3 is 5.32 Å². The van der Waals surface area contributed by atoms with E-state index in [0.29, 0.717) is 0 Å². The van der Waals surface area contributed by atoms with Crippen LogP contribution in [0.1, 0.15) is 0 Å². The normalized spacial score (nSPS) is 10.3. The molecule has 1 aromatic heterocycles. The van der Waals surface area contributed by atoms with Crippen LogP contribution >= 0.6 is 35.0 Å². The molecule has 0 saturated heterocycles. The summed E-state index contributed by atoms with van der Waals surface area (Å²) in [5, 5.41) is 4.67. The molecule has 25 heavy (non-hydrogen) atoms. The largest absolute Gasteiger partial charge is 0.355 e. The fourth-order valence-electron chi connectivity index (χ4n) is 2.76. The van der Waals surface area contributed by atoms with Crippen LogP contribution in [0.5, 0.6) is 0 Å². The first kappa shape index (κ1) is 17.7. The molecule has 2 nitrogen and oxygen atoms in total. The van der Waals surface area contributed by atoms with Gasteiger partial charge in [-0.1, -0.05) is 54.6 Å². The summed E-state index contributed by atoms with van der Waals surface area (Å²) in [7, 11) is 0. The van der Waals surface area contributed by atoms with Crippen LogP contribution in [0.3, 0.4) is 0 Å². The van der Waals surface area contributed by atoms with Crippen molar-refractivity contribution in [1.82, 2.24) is 4.98 Å². The van der Waals surface area contributed by atoms with Crippen LogP contribution in [0, 0.1) is 3.57 Å². The molecule has 1 heterocycles. The van der Waals surface area contributed by atoms with Crippen LogP contribution in [-0.4, -0.2) is 4.98 Å². The summed E-state index contributed by atoms with van der Waals surface area (Å²) in [6, 6.07) is 29.0. The molecule has 3 aromatic carbocycles. The van der Waals surface area contributed by atoms with Gasteiger partial charge in [-0.05, 0) is 52.9 Å². The minimum Gasteiger partial charge on any atom is -0.355 e. The number of nitrogens with zero attached hydrogens (tertiary/aromatic N) is 1. The molecule has 4 heteroatoms. The number of rotatable bonds is 3. The van der Waals surface area contributed by atoms with Crippen LogP contribution in [0.4, 0.5) is 11.4 Å². The lowest BCUT2D eigenvalue weighted by molar-refractivity contribution is 1.39. The summed E-state index contributed by atoms with van der Waals surface area (Å²) in [6.07, 6.45) is 0. The molecule has 0 aliphatic carbocycles. The van der Waals surface area contributed by atoms with Crippen molar-refractivity contribution in [3.05, 3.63) is 88.5 Å². The Bertz CT molecular complexity index is 1000. The van der Waals surface area contributed by atoms with Gasteiger partial charge in [0.25, 0.3) is 0 Å². The van der Waals surface area contributed by atoms with Crippen molar-refractivity contribution >= 4 is 57.3 Å². The third-order valence-electron chi connectivity index (χ3n) is 3.89. The highest BCUT2D eigenvalue weighted by Gasteiger charge is 2.07. The predicted molar refractivity (Wildman–Crippen MR) is 117 cm³/mol. The van der Waals surface area contributed by atoms with Crippen molar-refractivity contribution in [2.75, 3.05) is 5.32 Å². The van der Waals surface area contributed by atoms with Crippen molar-refractivity contribution in [3.8, 4) is 11.3 Å². The van der Waals surface area contributed by atoms with Gasteiger partial charge in [0.15, 0.2) is 0 Å². The Balaban J connectivity index is 0.00000182. The summed E-state index contributed by atoms with van der Waals surface area (Å²) in [5.41, 5.74) is 5.24. The van der Waals surface area contributed by atoms with E-state index in [2.05, 4.69) is 82.5 Å². The van der Waals surface area contributed by atoms with Crippen LogP contribution in [-0.2, 0) is 0 Å². The predicted octanol–water partition coefficient (Wildman–Crippen LogP) is 6.67. The van der Waals surface area contributed by atoms with E-state index in [4.69, 9.17) is 4.98 Å². The summed E-state index contributed by atoms with van der Waals surface area (Å²) < 4.78 is 1.21. The number of anilines is 2. The first-order chi connectivity index (χ1) is 11.8. The molecule has 0 bridgehead atoms. The number of pyridine rings is 1. The van der Waals surface area contributed by atoms with Gasteiger partial charge >= 0.3 is 0 Å². The molecule has 0 aliphatic heterocycles. The molecule has 1 N–H and O–H groups in total. The molecule has 0 atom stereocenters. The molecule has 0 unspecified atom stereocenters. The number of fused-ring (bicyclic) bond motifs is 1. The van der Waals surface area contributed by atoms with Crippen molar-refractivity contribution in [1.29, 1.82) is 0 Å². The summed E-state index contributed by atoms with van der Waals surface area (Å²) >= 11 is 2.33. The molecule has 4 aromatic rings. The van der Waals surface area contributed by atoms with Gasteiger partial charge in [-0.15, -0.1) is 12.4 Å². The quantitative estimate of drug-likeness (QED) is 0.347. The molecule has 0 aliphatic rings. The average molecular weight is 459 g/mol. The molecular formula is C21H16ClIN2. The smallest absolute Gasteiger partial charge is 0.0730 e. The maximum Gasteiger partial charge on any atom is 0.0730 e. The molecule has 124 valence electrons. The fourth-order valence-corrected chi connectivity index (χ4v) is 3.30. The lowest BCUT2D eigenvalue weighted by Gasteiger charge is -2.12. The van der Waals surface area contributed by atoms with Gasteiger partial charge in [0.2, 0.25) is 0 Å². The number of para-hydroxylation sites is 1. The van der Waals surface area contributed by atoms with E-state index >= 15 is 0 Å². The molecule has 0 spiro atoms. The monoisotopic (exact) mass is 458 g/mol. The van der Waals surface area contributed by atoms with Gasteiger partial charge in [0.1, 0.15) is 0 Å². The van der Waals surface area contributed by atoms with Crippen LogP contribution in [0.25, 0.3) is 22.2 Å². The Morgan fingerprint density at radius 1 is 0.760 bits per heavy atom. The Kier molecular flexibility index (Phi) is 5.56. The van der Waals surface area contributed by atoms with Gasteiger partial charge in [-0.2, -0.15) is 0 Å². The van der Waals surface area contributed by atoms with Gasteiger partial charge in [-0.3, -0.25) is 0 Å². The highest BCUT2D eigenvalue weighted by atomic mass is 127. The molecule has 0 radical (unpaired) electrons. The van der Waals surface area contributed by atoms with Gasteiger partial charge in [-0.25, -0.2) is 4.98 Å². The Hall–Kier alpha value is -2.11. The van der Waals surface area contributed by atoms with Crippen LogP contribution in [0.2, 0.25) is 0 Å². The topological polar surface area (TPSA) is 24.9 Å². The zero-order chi connectivity index (χ0) is 16.4. The Morgan fingerprint density at radius 3 is 2.32 bits per heavy atom. The standard InChI is InChI=1S/C21H15IN2.ClH/c22-16-9-6-10-17(13-16)23-21-14-20(15-7-2-1-3-8-15)24-19-12-5-4-11-18(19)21;/h1-14H,(H,23,24);1H. The fraction of sp³-hybridized carbons (Fsp3) is 0. The van der Waals surface area contributed by atoms with Gasteiger partial charge in [0, 0.05) is 20.2 Å². The molecule has 4 rings (SSSR count). The van der Waals surface area contributed by atoms with Crippen molar-refractivity contribution < 1.29 is 0 Å². The van der Waals surface area contributed by atoms with Crippen molar-refractivity contribution in [2.24, 2.45) is 0 Å². The second-order valence-electron chi connectivity index (χ2n) is 5.57. The average Bonchev–Trinajstić information content (AvgIpc) is 2.62. The van der Waals surface area contributed by atoms with E-state index in [1.165, 1.54) is 3.57 Å². The summed E-state index contributed by atoms with van der Waals surface area (Å²) in [6.45, 7) is 0. The Labute approximate surface area is 166 Å². The summed E-state index contributed by atoms with van der Waals surface area (Å²) in [5.74, 6) is 0. The van der Waals surface area contributed by atoms with Gasteiger partial charge in [0.05, 0.1) is 16.9 Å². The second kappa shape index (κ2) is 7.85. The molecule has 0 saturated carbocycles. The zero-order valence-electron chi connectivity index (χ0n) is 13.3. The molecule has 0 fully saturated rings. The van der Waals surface area contributed by atoms with E-state index in [1.54, 1.807) is 0 Å². The van der Waals surface area contributed by atoms with Crippen molar-refractivity contribution in [2.45, 2.75) is 0 Å². The van der Waals surface area contributed by atoms with Crippen LogP contribution in [0.15, 0.2) is 84.9 Å². The Morgan fingerprint density at radius 2 is 1.52 bits per heavy atom. The minimum atomic E-state index is 0. The number of nitrogens with one attached hydrogen (secondary N) is 1.